The summed E-state index contributed by atoms with van der Waals surface area (Å²) in [6.45, 7) is 16.5. The smallest absolute Gasteiger partial charge is 0.213 e. The largest absolute Gasteiger partial charge is 0.493 e. The Morgan fingerprint density at radius 2 is 0.906 bits per heavy atom. The van der Waals surface area contributed by atoms with E-state index in [0.717, 1.165) is 132 Å². The van der Waals surface area contributed by atoms with Crippen LogP contribution in [0.1, 0.15) is 89.1 Å². The normalized spacial score (nSPS) is 13.7. The number of anilines is 5. The lowest BCUT2D eigenvalue weighted by Crippen LogP contribution is -2.29. The molecule has 0 unspecified atom stereocenters. The number of nitrogen functional groups attached to an aromatic ring is 1. The van der Waals surface area contributed by atoms with Gasteiger partial charge in [-0.2, -0.15) is 0 Å². The minimum atomic E-state index is -0.246. The van der Waals surface area contributed by atoms with Crippen LogP contribution in [0.5, 0.6) is 23.1 Å². The molecule has 0 spiro atoms. The van der Waals surface area contributed by atoms with Gasteiger partial charge in [0.2, 0.25) is 23.7 Å². The second kappa shape index (κ2) is 26.8. The molecule has 4 aliphatic heterocycles. The van der Waals surface area contributed by atoms with Crippen LogP contribution in [0.25, 0.3) is 50.3 Å². The number of benzene rings is 3. The van der Waals surface area contributed by atoms with E-state index in [1.807, 2.05) is 104 Å². The summed E-state index contributed by atoms with van der Waals surface area (Å²) < 4.78 is 71.6. The molecule has 1 fully saturated rings. The summed E-state index contributed by atoms with van der Waals surface area (Å²) in [4.78, 5) is 43.7. The van der Waals surface area contributed by atoms with Crippen molar-refractivity contribution in [3.8, 4) is 56.5 Å². The third-order valence-electron chi connectivity index (χ3n) is 17.5. The first-order valence-corrected chi connectivity index (χ1v) is 32.3. The Hall–Kier alpha value is -11.0. The number of nitrogens with two attached hydrogens (primary N) is 1. The van der Waals surface area contributed by atoms with Crippen molar-refractivity contribution in [2.45, 2.75) is 106 Å². The number of halogens is 3. The van der Waals surface area contributed by atoms with Crippen molar-refractivity contribution in [1.82, 2.24) is 58.1 Å². The summed E-state index contributed by atoms with van der Waals surface area (Å²) in [6, 6.07) is 19.4. The lowest BCUT2D eigenvalue weighted by molar-refractivity contribution is 0.232. The van der Waals surface area contributed by atoms with E-state index in [4.69, 9.17) is 34.6 Å². The number of aromatic nitrogens is 12. The molecule has 0 radical (unpaired) electrons. The topological polar surface area (TPSA) is 232 Å². The Kier molecular flexibility index (Phi) is 17.4. The van der Waals surface area contributed by atoms with E-state index in [-0.39, 0.29) is 23.6 Å². The first-order chi connectivity index (χ1) is 46.7. The molecule has 12 aromatic rings. The van der Waals surface area contributed by atoms with Gasteiger partial charge in [-0.1, -0.05) is 0 Å². The molecule has 5 N–H and O–H groups in total. The van der Waals surface area contributed by atoms with Gasteiger partial charge < -0.3 is 45.5 Å². The summed E-state index contributed by atoms with van der Waals surface area (Å²) >= 11 is 0. The fourth-order valence-electron chi connectivity index (χ4n) is 12.7. The Morgan fingerprint density at radius 1 is 0.490 bits per heavy atom. The lowest BCUT2D eigenvalue weighted by Gasteiger charge is -2.27. The zero-order valence-corrected chi connectivity index (χ0v) is 54.2. The van der Waals surface area contributed by atoms with Crippen molar-refractivity contribution in [3.05, 3.63) is 196 Å². The molecule has 0 aliphatic carbocycles. The second-order valence-electron chi connectivity index (χ2n) is 24.5. The standard InChI is InChI=1S/C26H27FN6O.C24H24FN5O2.C22H21FN6O/c1-17-16-33-25(31-17)20(18-5-8-24(28-13-18)32-10-3-2-4-11-32)14-29-26(33)30-15-21-19-9-12-34-23(19)7-6-22(21)27;1-14(2)32-22-7-4-16(10-26-22)18-11-27-24(30-13-15(3)29-23(18)30)28-12-19-17-8-9-31-21(17)6-5-20(19)25;1-12-7-14(8-25-20(12)24)16-9-26-22(29-11-13(2)28-21(16)29)27-10-17-15-5-6-30-19(15)4-3-18(17)23/h5-8,13-14,16H,2-4,9-12,15H2,1H3,(H,29,30);4-7,10-11,13-14H,8-9,12H2,1-3H3,(H,27,28);3-4,7-9,11H,5-6,10H2,1-2H3,(H2,24,25)(H,26,27). The summed E-state index contributed by atoms with van der Waals surface area (Å²) in [5, 5.41) is 9.86. The van der Waals surface area contributed by atoms with Crippen LogP contribution < -0.4 is 45.5 Å². The number of rotatable bonds is 15. The zero-order chi connectivity index (χ0) is 66.1. The van der Waals surface area contributed by atoms with Crippen LogP contribution in [0.4, 0.5) is 42.7 Å². The molecule has 0 amide bonds. The van der Waals surface area contributed by atoms with Crippen LogP contribution in [0.15, 0.2) is 123 Å². The molecule has 96 heavy (non-hydrogen) atoms. The average molecular weight is 1300 g/mol. The number of imidazole rings is 3. The van der Waals surface area contributed by atoms with Crippen LogP contribution in [0, 0.1) is 45.1 Å². The fraction of sp³-hybridized carbons (Fsp3) is 0.292. The van der Waals surface area contributed by atoms with Gasteiger partial charge in [-0.3, -0.25) is 13.2 Å². The highest BCUT2D eigenvalue weighted by atomic mass is 19.1. The number of pyridine rings is 3. The second-order valence-corrected chi connectivity index (χ2v) is 24.5. The summed E-state index contributed by atoms with van der Waals surface area (Å²) in [7, 11) is 0. The maximum Gasteiger partial charge on any atom is 0.213 e. The van der Waals surface area contributed by atoms with E-state index in [2.05, 4.69) is 67.9 Å². The molecule has 21 nitrogen and oxygen atoms in total. The van der Waals surface area contributed by atoms with E-state index in [9.17, 15) is 13.2 Å². The quantitative estimate of drug-likeness (QED) is 0.0747. The zero-order valence-electron chi connectivity index (χ0n) is 54.2. The van der Waals surface area contributed by atoms with Gasteiger partial charge in [0.25, 0.3) is 0 Å². The van der Waals surface area contributed by atoms with Gasteiger partial charge in [-0.15, -0.1) is 0 Å². The monoisotopic (exact) mass is 1300 g/mol. The number of fused-ring (bicyclic) bond motifs is 6. The molecule has 0 saturated carbocycles. The fourth-order valence-corrected chi connectivity index (χ4v) is 12.7. The number of nitrogens with one attached hydrogen (secondary N) is 3. The highest BCUT2D eigenvalue weighted by Crippen LogP contribution is 2.36. The molecule has 4 aliphatic rings. The maximum atomic E-state index is 14.6. The van der Waals surface area contributed by atoms with Crippen LogP contribution in [0.3, 0.4) is 0 Å². The molecular weight excluding hydrogens is 1220 g/mol. The van der Waals surface area contributed by atoms with Crippen LogP contribution in [-0.2, 0) is 38.9 Å². The van der Waals surface area contributed by atoms with Gasteiger partial charge in [0, 0.05) is 181 Å². The van der Waals surface area contributed by atoms with Gasteiger partial charge in [0.15, 0.2) is 0 Å². The minimum Gasteiger partial charge on any atom is -0.493 e. The molecule has 3 aromatic carbocycles. The van der Waals surface area contributed by atoms with Gasteiger partial charge in [0.1, 0.15) is 63.3 Å². The van der Waals surface area contributed by atoms with Crippen LogP contribution in [-0.4, -0.2) is 97.1 Å². The van der Waals surface area contributed by atoms with E-state index in [0.29, 0.717) is 98.5 Å². The van der Waals surface area contributed by atoms with Crippen molar-refractivity contribution in [2.75, 3.05) is 59.5 Å². The summed E-state index contributed by atoms with van der Waals surface area (Å²) in [6.07, 6.45) is 22.4. The summed E-state index contributed by atoms with van der Waals surface area (Å²) in [5.41, 5.74) is 21.6. The lowest BCUT2D eigenvalue weighted by atomic mass is 10.0. The maximum absolute atomic E-state index is 14.6. The highest BCUT2D eigenvalue weighted by Gasteiger charge is 2.25. The van der Waals surface area contributed by atoms with Gasteiger partial charge in [0.05, 0.1) is 43.0 Å². The van der Waals surface area contributed by atoms with Crippen molar-refractivity contribution in [2.24, 2.45) is 0 Å². The van der Waals surface area contributed by atoms with Gasteiger partial charge >= 0.3 is 0 Å². The molecule has 16 rings (SSSR count). The van der Waals surface area contributed by atoms with Gasteiger partial charge in [-0.05, 0) is 127 Å². The molecule has 24 heteroatoms. The molecule has 0 atom stereocenters. The van der Waals surface area contributed by atoms with E-state index >= 15 is 0 Å². The first kappa shape index (κ1) is 62.4. The first-order valence-electron chi connectivity index (χ1n) is 32.3. The van der Waals surface area contributed by atoms with E-state index in [1.165, 1.54) is 37.5 Å². The van der Waals surface area contributed by atoms with Crippen molar-refractivity contribution in [3.63, 3.8) is 0 Å². The van der Waals surface area contributed by atoms with Crippen molar-refractivity contribution < 1.29 is 32.1 Å². The van der Waals surface area contributed by atoms with Crippen molar-refractivity contribution >= 4 is 46.4 Å². The molecular formula is C72H72F3N17O4. The Bertz CT molecular complexity index is 4880. The number of hydrogen-bond donors (Lipinski definition) is 4. The number of ether oxygens (including phenoxy) is 4. The highest BCUT2D eigenvalue weighted by molar-refractivity contribution is 5.81. The van der Waals surface area contributed by atoms with Crippen molar-refractivity contribution in [1.29, 1.82) is 0 Å². The van der Waals surface area contributed by atoms with E-state index in [1.54, 1.807) is 43.0 Å². The summed E-state index contributed by atoms with van der Waals surface area (Å²) in [5.74, 6) is 5.46. The number of aryl methyl sites for hydroxylation is 4. The predicted molar refractivity (Wildman–Crippen MR) is 363 cm³/mol. The van der Waals surface area contributed by atoms with Gasteiger partial charge in [-0.25, -0.2) is 58.0 Å². The molecule has 13 heterocycles. The Balaban J connectivity index is 0.000000124. The molecule has 0 bridgehead atoms. The average Bonchev–Trinajstić information content (AvgIpc) is 1.58. The predicted octanol–water partition coefficient (Wildman–Crippen LogP) is 13.0. The Labute approximate surface area is 552 Å². The molecule has 9 aromatic heterocycles. The number of piperidine rings is 1. The molecule has 490 valence electrons. The van der Waals surface area contributed by atoms with E-state index < -0.39 is 0 Å². The third-order valence-corrected chi connectivity index (χ3v) is 17.5. The SMILES string of the molecule is Cc1cn2c(NCc3c(F)ccc4c3CCO4)ncc(-c3ccc(N4CCCCC4)nc3)c2n1.Cc1cn2c(NCc3c(F)ccc4c3CCO4)ncc(-c3ccc(OC(C)C)nc3)c2n1.Cc1cn2c(NCc3c(F)ccc4c3CCO4)ncc(-c3cnc(N)c(C)c3)c2n1. The van der Waals surface area contributed by atoms with Crippen LogP contribution >= 0.6 is 0 Å². The number of hydrogen-bond acceptors (Lipinski definition) is 18. The van der Waals surface area contributed by atoms with Crippen LogP contribution in [0.2, 0.25) is 0 Å². The molecule has 1 saturated heterocycles. The Morgan fingerprint density at radius 3 is 1.30 bits per heavy atom. The number of nitrogens with zero attached hydrogens (tertiary/aromatic N) is 13. The minimum absolute atomic E-state index is 0.0595. The third kappa shape index (κ3) is 12.8.